The van der Waals surface area contributed by atoms with Crippen molar-refractivity contribution in [1.82, 2.24) is 0 Å². The Kier molecular flexibility index (Phi) is 7.35. The van der Waals surface area contributed by atoms with Crippen LogP contribution in [0.1, 0.15) is 100 Å². The highest BCUT2D eigenvalue weighted by molar-refractivity contribution is 5.95. The fourth-order valence-electron chi connectivity index (χ4n) is 10.2. The average Bonchev–Trinajstić information content (AvgIpc) is 3.16. The molecule has 1 aliphatic heterocycles. The Bertz CT molecular complexity index is 1260. The maximum Gasteiger partial charge on any atom is 0.334 e. The number of carbonyl (C=O) groups excluding carboxylic acids is 5. The lowest BCUT2D eigenvalue weighted by molar-refractivity contribution is -0.219. The van der Waals surface area contributed by atoms with Crippen molar-refractivity contribution in [1.29, 1.82) is 0 Å². The number of ketones is 2. The summed E-state index contributed by atoms with van der Waals surface area (Å²) in [6.45, 7) is 13.9. The summed E-state index contributed by atoms with van der Waals surface area (Å²) in [6, 6.07) is 0. The highest BCUT2D eigenvalue weighted by Gasteiger charge is 2.74. The van der Waals surface area contributed by atoms with E-state index in [1.54, 1.807) is 13.8 Å². The topological polar surface area (TPSA) is 133 Å². The first kappa shape index (κ1) is 30.9. The van der Waals surface area contributed by atoms with E-state index in [4.69, 9.17) is 14.2 Å². The third-order valence-corrected chi connectivity index (χ3v) is 12.2. The van der Waals surface area contributed by atoms with Gasteiger partial charge in [0.2, 0.25) is 0 Å². The highest BCUT2D eigenvalue weighted by Crippen LogP contribution is 2.73. The number of hydrogen-bond donors (Lipinski definition) is 1. The molecule has 0 amide bonds. The lowest BCUT2D eigenvalue weighted by atomic mass is 9.36. The quantitative estimate of drug-likeness (QED) is 0.292. The molecule has 0 aromatic rings. The van der Waals surface area contributed by atoms with Gasteiger partial charge in [0.05, 0.1) is 5.60 Å². The number of rotatable bonds is 3. The number of carbonyl (C=O) groups is 5. The van der Waals surface area contributed by atoms with Crippen molar-refractivity contribution >= 4 is 29.5 Å². The maximum atomic E-state index is 14.8. The Morgan fingerprint density at radius 2 is 1.62 bits per heavy atom. The van der Waals surface area contributed by atoms with E-state index >= 15 is 0 Å². The molecule has 0 aromatic carbocycles. The second-order valence-electron chi connectivity index (χ2n) is 14.8. The van der Waals surface area contributed by atoms with Crippen LogP contribution in [0, 0.1) is 39.9 Å². The number of esters is 3. The summed E-state index contributed by atoms with van der Waals surface area (Å²) < 4.78 is 17.4. The van der Waals surface area contributed by atoms with Gasteiger partial charge in [0.25, 0.3) is 0 Å². The molecule has 0 radical (unpaired) electrons. The van der Waals surface area contributed by atoms with Crippen LogP contribution < -0.4 is 0 Å². The van der Waals surface area contributed by atoms with E-state index in [1.165, 1.54) is 13.8 Å². The molecule has 10 atom stereocenters. The summed E-state index contributed by atoms with van der Waals surface area (Å²) in [5.74, 6) is -2.79. The van der Waals surface area contributed by atoms with Crippen LogP contribution in [0.4, 0.5) is 0 Å². The molecule has 9 heteroatoms. The Hall–Kier alpha value is -2.55. The van der Waals surface area contributed by atoms with Crippen LogP contribution in [-0.4, -0.2) is 58.5 Å². The first-order chi connectivity index (χ1) is 19.4. The Morgan fingerprint density at radius 3 is 2.19 bits per heavy atom. The zero-order valence-corrected chi connectivity index (χ0v) is 26.2. The second kappa shape index (κ2) is 10.00. The van der Waals surface area contributed by atoms with Crippen LogP contribution in [0.2, 0.25) is 0 Å². The van der Waals surface area contributed by atoms with E-state index in [1.807, 2.05) is 13.8 Å². The minimum atomic E-state index is -1.19. The zero-order valence-electron chi connectivity index (χ0n) is 26.2. The van der Waals surface area contributed by atoms with Crippen LogP contribution in [0.25, 0.3) is 0 Å². The molecule has 5 rings (SSSR count). The predicted molar refractivity (Wildman–Crippen MR) is 151 cm³/mol. The molecule has 232 valence electrons. The third-order valence-electron chi connectivity index (χ3n) is 12.2. The Labute approximate surface area is 248 Å². The summed E-state index contributed by atoms with van der Waals surface area (Å²) >= 11 is 0. The van der Waals surface area contributed by atoms with Crippen molar-refractivity contribution in [3.05, 3.63) is 11.1 Å². The van der Waals surface area contributed by atoms with Gasteiger partial charge < -0.3 is 19.3 Å². The number of hydrogen-bond acceptors (Lipinski definition) is 9. The molecule has 0 aromatic heterocycles. The monoisotopic (exact) mass is 586 g/mol. The Morgan fingerprint density at radius 1 is 0.976 bits per heavy atom. The SMILES string of the molecule is CC(=O)OC1CC2(C)C(CCC3C4(C)CCC(=O)C(C)C4C(OC(C)=O)C(=O)C32C)C1=C1CCC(C(C)(C)O)OC1=O. The number of ether oxygens (including phenoxy) is 3. The van der Waals surface area contributed by atoms with Gasteiger partial charge in [-0.2, -0.15) is 0 Å². The van der Waals surface area contributed by atoms with Gasteiger partial charge in [-0.15, -0.1) is 0 Å². The molecule has 10 unspecified atom stereocenters. The average molecular weight is 587 g/mol. The van der Waals surface area contributed by atoms with Crippen LogP contribution in [0.3, 0.4) is 0 Å². The summed E-state index contributed by atoms with van der Waals surface area (Å²) in [6.07, 6.45) is 1.14. The fourth-order valence-corrected chi connectivity index (χ4v) is 10.2. The molecule has 1 heterocycles. The van der Waals surface area contributed by atoms with Gasteiger partial charge in [-0.05, 0) is 80.6 Å². The van der Waals surface area contributed by atoms with Crippen molar-refractivity contribution in [2.24, 2.45) is 39.9 Å². The molecule has 4 aliphatic carbocycles. The fraction of sp³-hybridized carbons (Fsp3) is 0.788. The maximum absolute atomic E-state index is 14.8. The van der Waals surface area contributed by atoms with Gasteiger partial charge in [-0.1, -0.05) is 27.7 Å². The molecule has 5 aliphatic rings. The molecule has 1 saturated heterocycles. The predicted octanol–water partition coefficient (Wildman–Crippen LogP) is 4.27. The minimum absolute atomic E-state index is 0.0914. The summed E-state index contributed by atoms with van der Waals surface area (Å²) in [4.78, 5) is 65.9. The molecule has 9 nitrogen and oxygen atoms in total. The van der Waals surface area contributed by atoms with E-state index in [0.29, 0.717) is 50.5 Å². The lowest BCUT2D eigenvalue weighted by Crippen LogP contribution is -2.70. The smallest absolute Gasteiger partial charge is 0.334 e. The molecule has 0 bridgehead atoms. The van der Waals surface area contributed by atoms with Crippen molar-refractivity contribution in [3.63, 3.8) is 0 Å². The highest BCUT2D eigenvalue weighted by atomic mass is 16.6. The molecule has 4 saturated carbocycles. The Balaban J connectivity index is 1.64. The summed E-state index contributed by atoms with van der Waals surface area (Å²) in [7, 11) is 0. The third kappa shape index (κ3) is 4.31. The largest absolute Gasteiger partial charge is 0.458 e. The number of aliphatic hydroxyl groups is 1. The van der Waals surface area contributed by atoms with Gasteiger partial charge in [0.1, 0.15) is 18.0 Å². The minimum Gasteiger partial charge on any atom is -0.458 e. The van der Waals surface area contributed by atoms with Crippen molar-refractivity contribution in [3.8, 4) is 0 Å². The zero-order chi connectivity index (χ0) is 31.2. The van der Waals surface area contributed by atoms with Crippen LogP contribution in [0.15, 0.2) is 11.1 Å². The number of Topliss-reactive ketones (excluding diaryl/α,β-unsaturated/α-hetero) is 2. The van der Waals surface area contributed by atoms with Crippen LogP contribution in [0.5, 0.6) is 0 Å². The molecule has 5 fully saturated rings. The molecular formula is C33H46O9. The van der Waals surface area contributed by atoms with Gasteiger partial charge >= 0.3 is 17.9 Å². The van der Waals surface area contributed by atoms with Crippen molar-refractivity contribution in [2.45, 2.75) is 124 Å². The van der Waals surface area contributed by atoms with E-state index in [9.17, 15) is 29.1 Å². The van der Waals surface area contributed by atoms with Crippen molar-refractivity contribution in [2.75, 3.05) is 0 Å². The van der Waals surface area contributed by atoms with Gasteiger partial charge in [-0.3, -0.25) is 19.2 Å². The molecular weight excluding hydrogens is 540 g/mol. The number of cyclic esters (lactones) is 1. The van der Waals surface area contributed by atoms with E-state index in [0.717, 1.165) is 5.57 Å². The lowest BCUT2D eigenvalue weighted by Gasteiger charge is -2.67. The van der Waals surface area contributed by atoms with E-state index in [-0.39, 0.29) is 23.4 Å². The summed E-state index contributed by atoms with van der Waals surface area (Å²) in [5, 5.41) is 10.5. The second-order valence-corrected chi connectivity index (χ2v) is 14.8. The van der Waals surface area contributed by atoms with E-state index in [2.05, 4.69) is 13.8 Å². The van der Waals surface area contributed by atoms with Gasteiger partial charge in [-0.25, -0.2) is 4.79 Å². The first-order valence-electron chi connectivity index (χ1n) is 15.5. The van der Waals surface area contributed by atoms with Crippen LogP contribution >= 0.6 is 0 Å². The van der Waals surface area contributed by atoms with E-state index < -0.39 is 69.9 Å². The standard InChI is InChI=1S/C33H46O9/c1-16-21(36)13-14-31(6)23-11-10-20-25(19-9-12-24(30(4,5)39)42-29(19)38)22(40-17(2)34)15-32(20,7)33(23,8)28(37)27(26(16)31)41-18(3)35/h16,20,22-24,26-27,39H,9-15H2,1-8H3. The first-order valence-corrected chi connectivity index (χ1v) is 15.5. The molecule has 1 N–H and O–H groups in total. The van der Waals surface area contributed by atoms with Gasteiger partial charge in [0, 0.05) is 43.1 Å². The summed E-state index contributed by atoms with van der Waals surface area (Å²) in [5.41, 5.74) is -2.13. The van der Waals surface area contributed by atoms with Crippen molar-refractivity contribution < 1.29 is 43.3 Å². The normalized spacial score (nSPS) is 45.4. The molecule has 42 heavy (non-hydrogen) atoms. The van der Waals surface area contributed by atoms with Gasteiger partial charge in [0.15, 0.2) is 11.9 Å². The van der Waals surface area contributed by atoms with Crippen LogP contribution in [-0.2, 0) is 38.2 Å². The molecule has 0 spiro atoms. The number of fused-ring (bicyclic) bond motifs is 5.